The van der Waals surface area contributed by atoms with Gasteiger partial charge in [0.15, 0.2) is 0 Å². The van der Waals surface area contributed by atoms with E-state index in [1.165, 1.54) is 6.92 Å². The lowest BCUT2D eigenvalue weighted by Gasteiger charge is -2.35. The van der Waals surface area contributed by atoms with Gasteiger partial charge in [0, 0.05) is 6.42 Å². The molecule has 0 radical (unpaired) electrons. The molecular weight excluding hydrogens is 366 g/mol. The van der Waals surface area contributed by atoms with Gasteiger partial charge in [0.25, 0.3) is 0 Å². The summed E-state index contributed by atoms with van der Waals surface area (Å²) in [5.41, 5.74) is 0. The highest BCUT2D eigenvalue weighted by Gasteiger charge is 2.83. The molecule has 4 nitrogen and oxygen atoms in total. The first-order valence-electron chi connectivity index (χ1n) is 6.04. The van der Waals surface area contributed by atoms with Gasteiger partial charge in [-0.15, -0.1) is 0 Å². The highest BCUT2D eigenvalue weighted by atomic mass is 32.2. The van der Waals surface area contributed by atoms with Crippen molar-refractivity contribution in [2.45, 2.75) is 49.2 Å². The molecule has 0 fully saturated rings. The first-order valence-corrected chi connectivity index (χ1v) is 7.48. The van der Waals surface area contributed by atoms with Crippen LogP contribution in [0.2, 0.25) is 0 Å². The van der Waals surface area contributed by atoms with Crippen molar-refractivity contribution < 1.29 is 48.1 Å². The number of rotatable bonds is 7. The maximum absolute atomic E-state index is 13.0. The normalized spacial score (nSPS) is 14.3. The van der Waals surface area contributed by atoms with Gasteiger partial charge < -0.3 is 5.32 Å². The smallest absolute Gasteiger partial charge is 0.323 e. The van der Waals surface area contributed by atoms with Gasteiger partial charge >= 0.3 is 33.1 Å². The van der Waals surface area contributed by atoms with E-state index in [0.29, 0.717) is 0 Å². The molecule has 0 aliphatic heterocycles. The van der Waals surface area contributed by atoms with Gasteiger partial charge in [-0.3, -0.25) is 4.55 Å². The Balaban J connectivity index is 0. The lowest BCUT2D eigenvalue weighted by Crippen LogP contribution is -2.64. The van der Waals surface area contributed by atoms with Gasteiger partial charge in [0.2, 0.25) is 0 Å². The molecule has 0 atom stereocenters. The summed E-state index contributed by atoms with van der Waals surface area (Å²) in [7, 11) is -3.27. The topological polar surface area (TPSA) is 66.4 Å². The molecule has 13 heteroatoms. The summed E-state index contributed by atoms with van der Waals surface area (Å²) in [6.45, 7) is 1.25. The van der Waals surface area contributed by atoms with Crippen molar-refractivity contribution in [2.75, 3.05) is 14.1 Å². The zero-order valence-electron chi connectivity index (χ0n) is 12.3. The Morgan fingerprint density at radius 1 is 0.913 bits per heavy atom. The molecule has 0 saturated heterocycles. The molecule has 0 saturated carbocycles. The Kier molecular flexibility index (Phi) is 8.46. The van der Waals surface area contributed by atoms with Gasteiger partial charge in [0.1, 0.15) is 0 Å². The van der Waals surface area contributed by atoms with Crippen LogP contribution in [0.1, 0.15) is 26.2 Å². The van der Waals surface area contributed by atoms with Crippen LogP contribution in [0.3, 0.4) is 0 Å². The summed E-state index contributed by atoms with van der Waals surface area (Å²) < 4.78 is 131. The Morgan fingerprint density at radius 3 is 1.52 bits per heavy atom. The molecule has 0 heterocycles. The Labute approximate surface area is 128 Å². The molecule has 0 unspecified atom stereocenters. The Morgan fingerprint density at radius 2 is 1.26 bits per heavy atom. The first kappa shape index (κ1) is 24.6. The van der Waals surface area contributed by atoms with Crippen molar-refractivity contribution in [2.24, 2.45) is 0 Å². The molecule has 0 aromatic carbocycles. The van der Waals surface area contributed by atoms with Crippen LogP contribution in [0.5, 0.6) is 0 Å². The van der Waals surface area contributed by atoms with Gasteiger partial charge in [-0.05, 0) is 20.5 Å². The monoisotopic (exact) mass is 383 g/mol. The molecule has 23 heavy (non-hydrogen) atoms. The minimum Gasteiger partial charge on any atom is -0.323 e. The quantitative estimate of drug-likeness (QED) is 0.523. The molecule has 2 N–H and O–H groups in total. The van der Waals surface area contributed by atoms with Crippen LogP contribution < -0.4 is 5.32 Å². The zero-order valence-corrected chi connectivity index (χ0v) is 13.1. The van der Waals surface area contributed by atoms with Crippen molar-refractivity contribution in [1.82, 2.24) is 5.32 Å². The van der Waals surface area contributed by atoms with Crippen LogP contribution in [0.15, 0.2) is 0 Å². The minimum absolute atomic E-state index is 0.119. The second-order valence-electron chi connectivity index (χ2n) is 4.45. The van der Waals surface area contributed by atoms with Crippen LogP contribution in [-0.2, 0) is 10.1 Å². The highest BCUT2D eigenvalue weighted by Crippen LogP contribution is 2.55. The lowest BCUT2D eigenvalue weighted by molar-refractivity contribution is -0.349. The predicted octanol–water partition coefficient (Wildman–Crippen LogP) is 3.40. The third kappa shape index (κ3) is 4.89. The van der Waals surface area contributed by atoms with Crippen LogP contribution in [0.4, 0.5) is 35.1 Å². The number of hydrogen-bond donors (Lipinski definition) is 2. The largest absolute Gasteiger partial charge is 0.438 e. The molecule has 0 spiro atoms. The Hall–Kier alpha value is -0.690. The lowest BCUT2D eigenvalue weighted by atomic mass is 9.99. The number of halogens is 8. The van der Waals surface area contributed by atoms with E-state index in [1.54, 1.807) is 0 Å². The van der Waals surface area contributed by atoms with Gasteiger partial charge in [-0.2, -0.15) is 43.5 Å². The van der Waals surface area contributed by atoms with Crippen molar-refractivity contribution in [3.8, 4) is 0 Å². The minimum atomic E-state index is -7.02. The van der Waals surface area contributed by atoms with Crippen LogP contribution >= 0.6 is 0 Å². The van der Waals surface area contributed by atoms with Crippen LogP contribution in [0, 0.1) is 0 Å². The fourth-order valence-corrected chi connectivity index (χ4v) is 1.58. The van der Waals surface area contributed by atoms with Crippen molar-refractivity contribution in [3.63, 3.8) is 0 Å². The molecule has 0 amide bonds. The van der Waals surface area contributed by atoms with Crippen molar-refractivity contribution in [1.29, 1.82) is 0 Å². The predicted molar refractivity (Wildman–Crippen MR) is 65.8 cm³/mol. The van der Waals surface area contributed by atoms with E-state index in [0.717, 1.165) is 0 Å². The molecule has 0 rings (SSSR count). The first-order chi connectivity index (χ1) is 9.97. The highest BCUT2D eigenvalue weighted by molar-refractivity contribution is 7.87. The summed E-state index contributed by atoms with van der Waals surface area (Å²) in [5.74, 6) is -19.3. The summed E-state index contributed by atoms with van der Waals surface area (Å²) in [6, 6.07) is 0. The third-order valence-corrected chi connectivity index (χ3v) is 3.29. The standard InChI is InChI=1S/C8H10F8O3S.C2H7N/c1-2-3-4-5(9,10)6(11,12)7(13,14)8(15,16)20(17,18)19;1-3-2/h2-4H2,1H3,(H,17,18,19);3H,1-2H3. The Bertz CT molecular complexity index is 467. The van der Waals surface area contributed by atoms with E-state index >= 15 is 0 Å². The van der Waals surface area contributed by atoms with E-state index in [9.17, 15) is 43.5 Å². The van der Waals surface area contributed by atoms with Gasteiger partial charge in [0.05, 0.1) is 0 Å². The fourth-order valence-electron chi connectivity index (χ4n) is 1.13. The van der Waals surface area contributed by atoms with E-state index in [2.05, 4.69) is 5.32 Å². The SMILES string of the molecule is CCCCC(F)(F)C(F)(F)C(F)(F)C(F)(F)S(=O)(=O)O.CNC. The van der Waals surface area contributed by atoms with Crippen molar-refractivity contribution in [3.05, 3.63) is 0 Å². The van der Waals surface area contributed by atoms with E-state index in [4.69, 9.17) is 4.55 Å². The molecule has 0 aliphatic carbocycles. The van der Waals surface area contributed by atoms with Crippen LogP contribution in [-0.4, -0.2) is 50.1 Å². The van der Waals surface area contributed by atoms with E-state index in [1.807, 2.05) is 14.1 Å². The molecular formula is C10H17F8NO3S. The molecule has 0 aromatic heterocycles. The van der Waals surface area contributed by atoms with Crippen molar-refractivity contribution >= 4 is 10.1 Å². The number of alkyl halides is 8. The van der Waals surface area contributed by atoms with E-state index < -0.39 is 46.0 Å². The van der Waals surface area contributed by atoms with Gasteiger partial charge in [-0.25, -0.2) is 0 Å². The zero-order chi connectivity index (χ0) is 19.3. The fraction of sp³-hybridized carbons (Fsp3) is 1.00. The number of unbranched alkanes of at least 4 members (excludes halogenated alkanes) is 1. The maximum atomic E-state index is 13.0. The molecule has 0 aromatic rings. The average Bonchev–Trinajstić information content (AvgIpc) is 2.35. The number of nitrogens with one attached hydrogen (secondary N) is 1. The average molecular weight is 383 g/mol. The summed E-state index contributed by atoms with van der Waals surface area (Å²) in [6.07, 6.45) is -2.66. The van der Waals surface area contributed by atoms with E-state index in [-0.39, 0.29) is 6.42 Å². The third-order valence-electron chi connectivity index (χ3n) is 2.39. The second-order valence-corrected chi connectivity index (χ2v) is 5.91. The molecule has 0 aliphatic rings. The summed E-state index contributed by atoms with van der Waals surface area (Å²) in [5, 5.41) is -4.01. The molecule has 142 valence electrons. The summed E-state index contributed by atoms with van der Waals surface area (Å²) >= 11 is 0. The second kappa shape index (κ2) is 7.92. The van der Waals surface area contributed by atoms with Gasteiger partial charge in [-0.1, -0.05) is 13.3 Å². The van der Waals surface area contributed by atoms with Crippen LogP contribution in [0.25, 0.3) is 0 Å². The number of hydrogen-bond acceptors (Lipinski definition) is 3. The summed E-state index contributed by atoms with van der Waals surface area (Å²) in [4.78, 5) is 0. The maximum Gasteiger partial charge on any atom is 0.438 e. The molecule has 0 bridgehead atoms.